The normalized spacial score (nSPS) is 15.2. The monoisotopic (exact) mass is 283 g/mol. The molecule has 0 atom stereocenters. The van der Waals surface area contributed by atoms with Gasteiger partial charge >= 0.3 is 6.03 Å². The second-order valence-corrected chi connectivity index (χ2v) is 4.71. The third-order valence-electron chi connectivity index (χ3n) is 2.64. The number of carbonyl (C=O) groups is 1. The molecule has 0 aliphatic carbocycles. The summed E-state index contributed by atoms with van der Waals surface area (Å²) in [5.41, 5.74) is 7.10. The Labute approximate surface area is 103 Å². The van der Waals surface area contributed by atoms with Crippen molar-refractivity contribution in [2.45, 2.75) is 12.8 Å². The molecule has 16 heavy (non-hydrogen) atoms. The molecule has 0 aromatic heterocycles. The first-order chi connectivity index (χ1) is 7.66. The third kappa shape index (κ3) is 2.47. The lowest BCUT2D eigenvalue weighted by Crippen LogP contribution is -2.32. The minimum absolute atomic E-state index is 0.0424. The molecule has 5 heteroatoms. The predicted octanol–water partition coefficient (Wildman–Crippen LogP) is 2.66. The smallest absolute Gasteiger partial charge is 0.321 e. The Bertz CT molecular complexity index is 402. The molecule has 0 unspecified atom stereocenters. The molecule has 0 bridgehead atoms. The van der Waals surface area contributed by atoms with E-state index in [1.807, 2.05) is 17.0 Å². The number of carbonyl (C=O) groups excluding carboxylic acids is 1. The number of hydrogen-bond acceptors (Lipinski definition) is 2. The highest BCUT2D eigenvalue weighted by molar-refractivity contribution is 9.10. The number of nitrogen functional groups attached to an aromatic ring is 1. The first-order valence-electron chi connectivity index (χ1n) is 5.28. The molecule has 1 aromatic carbocycles. The molecule has 1 aliphatic rings. The molecular weight excluding hydrogens is 270 g/mol. The van der Waals surface area contributed by atoms with Gasteiger partial charge in [-0.25, -0.2) is 4.79 Å². The van der Waals surface area contributed by atoms with Crippen LogP contribution in [0.3, 0.4) is 0 Å². The Morgan fingerprint density at radius 3 is 2.69 bits per heavy atom. The molecular formula is C11H14BrN3O. The van der Waals surface area contributed by atoms with Crippen LogP contribution < -0.4 is 11.1 Å². The second-order valence-electron chi connectivity index (χ2n) is 3.86. The zero-order valence-corrected chi connectivity index (χ0v) is 10.5. The maximum atomic E-state index is 11.8. The number of anilines is 2. The molecule has 0 saturated carbocycles. The van der Waals surface area contributed by atoms with Crippen molar-refractivity contribution in [2.24, 2.45) is 0 Å². The summed E-state index contributed by atoms with van der Waals surface area (Å²) in [6.45, 7) is 1.69. The van der Waals surface area contributed by atoms with E-state index < -0.39 is 0 Å². The average molecular weight is 284 g/mol. The van der Waals surface area contributed by atoms with Crippen LogP contribution in [0.5, 0.6) is 0 Å². The van der Waals surface area contributed by atoms with Gasteiger partial charge in [-0.15, -0.1) is 0 Å². The van der Waals surface area contributed by atoms with Gasteiger partial charge in [-0.1, -0.05) is 0 Å². The molecule has 1 aliphatic heterocycles. The fourth-order valence-electron chi connectivity index (χ4n) is 1.74. The van der Waals surface area contributed by atoms with E-state index in [0.717, 1.165) is 36.1 Å². The number of amides is 2. The molecule has 86 valence electrons. The second kappa shape index (κ2) is 4.74. The standard InChI is InChI=1S/C11H14BrN3O/c12-9-4-3-8(7-10(9)13)14-11(16)15-5-1-2-6-15/h3-4,7H,1-2,5-6,13H2,(H,14,16). The summed E-state index contributed by atoms with van der Waals surface area (Å²) in [7, 11) is 0. The molecule has 1 fully saturated rings. The Morgan fingerprint density at radius 1 is 1.38 bits per heavy atom. The summed E-state index contributed by atoms with van der Waals surface area (Å²) in [5, 5.41) is 2.84. The minimum Gasteiger partial charge on any atom is -0.398 e. The summed E-state index contributed by atoms with van der Waals surface area (Å²) < 4.78 is 0.840. The van der Waals surface area contributed by atoms with Crippen LogP contribution in [-0.4, -0.2) is 24.0 Å². The van der Waals surface area contributed by atoms with Crippen molar-refractivity contribution in [3.63, 3.8) is 0 Å². The number of rotatable bonds is 1. The van der Waals surface area contributed by atoms with Crippen molar-refractivity contribution in [1.82, 2.24) is 4.90 Å². The van der Waals surface area contributed by atoms with E-state index in [0.29, 0.717) is 5.69 Å². The highest BCUT2D eigenvalue weighted by atomic mass is 79.9. The molecule has 0 radical (unpaired) electrons. The van der Waals surface area contributed by atoms with Gasteiger partial charge in [0.1, 0.15) is 0 Å². The van der Waals surface area contributed by atoms with Crippen molar-refractivity contribution < 1.29 is 4.79 Å². The van der Waals surface area contributed by atoms with E-state index >= 15 is 0 Å². The fourth-order valence-corrected chi connectivity index (χ4v) is 1.99. The average Bonchev–Trinajstić information content (AvgIpc) is 2.77. The summed E-state index contributed by atoms with van der Waals surface area (Å²) >= 11 is 3.31. The predicted molar refractivity (Wildman–Crippen MR) is 68.4 cm³/mol. The Balaban J connectivity index is 2.02. The van der Waals surface area contributed by atoms with Crippen LogP contribution in [-0.2, 0) is 0 Å². The van der Waals surface area contributed by atoms with Gasteiger partial charge in [-0.3, -0.25) is 0 Å². The van der Waals surface area contributed by atoms with Crippen LogP contribution in [0.1, 0.15) is 12.8 Å². The molecule has 3 N–H and O–H groups in total. The fraction of sp³-hybridized carbons (Fsp3) is 0.364. The largest absolute Gasteiger partial charge is 0.398 e. The Morgan fingerprint density at radius 2 is 2.06 bits per heavy atom. The summed E-state index contributed by atoms with van der Waals surface area (Å²) in [6, 6.07) is 5.36. The lowest BCUT2D eigenvalue weighted by atomic mass is 10.3. The van der Waals surface area contributed by atoms with E-state index in [1.165, 1.54) is 0 Å². The number of nitrogens with two attached hydrogens (primary N) is 1. The van der Waals surface area contributed by atoms with Crippen molar-refractivity contribution >= 4 is 33.3 Å². The van der Waals surface area contributed by atoms with Gasteiger partial charge < -0.3 is 16.0 Å². The van der Waals surface area contributed by atoms with E-state index in [4.69, 9.17) is 5.73 Å². The summed E-state index contributed by atoms with van der Waals surface area (Å²) in [5.74, 6) is 0. The van der Waals surface area contributed by atoms with Crippen LogP contribution in [0.4, 0.5) is 16.2 Å². The van der Waals surface area contributed by atoms with Crippen LogP contribution >= 0.6 is 15.9 Å². The number of halogens is 1. The highest BCUT2D eigenvalue weighted by Gasteiger charge is 2.17. The van der Waals surface area contributed by atoms with Gasteiger partial charge in [0.25, 0.3) is 0 Å². The van der Waals surface area contributed by atoms with Crippen LogP contribution in [0.15, 0.2) is 22.7 Å². The topological polar surface area (TPSA) is 58.4 Å². The van der Waals surface area contributed by atoms with Crippen molar-refractivity contribution in [3.05, 3.63) is 22.7 Å². The molecule has 4 nitrogen and oxygen atoms in total. The quantitative estimate of drug-likeness (QED) is 0.779. The first kappa shape index (κ1) is 11.3. The van der Waals surface area contributed by atoms with Crippen LogP contribution in [0, 0.1) is 0 Å². The third-order valence-corrected chi connectivity index (χ3v) is 3.36. The van der Waals surface area contributed by atoms with Gasteiger partial charge in [-0.05, 0) is 47.0 Å². The first-order valence-corrected chi connectivity index (χ1v) is 6.07. The van der Waals surface area contributed by atoms with Crippen molar-refractivity contribution in [3.8, 4) is 0 Å². The maximum Gasteiger partial charge on any atom is 0.321 e. The Hall–Kier alpha value is -1.23. The SMILES string of the molecule is Nc1cc(NC(=O)N2CCCC2)ccc1Br. The molecule has 1 aromatic rings. The summed E-state index contributed by atoms with van der Waals surface area (Å²) in [6.07, 6.45) is 2.19. The van der Waals surface area contributed by atoms with Crippen LogP contribution in [0.2, 0.25) is 0 Å². The number of nitrogens with one attached hydrogen (secondary N) is 1. The van der Waals surface area contributed by atoms with E-state index in [-0.39, 0.29) is 6.03 Å². The number of urea groups is 1. The lowest BCUT2D eigenvalue weighted by Gasteiger charge is -2.16. The van der Waals surface area contributed by atoms with Crippen LogP contribution in [0.25, 0.3) is 0 Å². The van der Waals surface area contributed by atoms with E-state index in [2.05, 4.69) is 21.2 Å². The minimum atomic E-state index is -0.0424. The van der Waals surface area contributed by atoms with Gasteiger partial charge in [0, 0.05) is 28.9 Å². The number of likely N-dealkylation sites (tertiary alicyclic amines) is 1. The zero-order chi connectivity index (χ0) is 11.5. The molecule has 1 saturated heterocycles. The van der Waals surface area contributed by atoms with Gasteiger partial charge in [0.05, 0.1) is 0 Å². The maximum absolute atomic E-state index is 11.8. The molecule has 2 amide bonds. The molecule has 1 heterocycles. The summed E-state index contributed by atoms with van der Waals surface area (Å²) in [4.78, 5) is 13.6. The number of hydrogen-bond donors (Lipinski definition) is 2. The van der Waals surface area contributed by atoms with Crippen molar-refractivity contribution in [1.29, 1.82) is 0 Å². The molecule has 0 spiro atoms. The zero-order valence-electron chi connectivity index (χ0n) is 8.87. The van der Waals surface area contributed by atoms with E-state index in [9.17, 15) is 4.79 Å². The Kier molecular flexibility index (Phi) is 3.33. The van der Waals surface area contributed by atoms with Gasteiger partial charge in [0.15, 0.2) is 0 Å². The highest BCUT2D eigenvalue weighted by Crippen LogP contribution is 2.23. The molecule has 2 rings (SSSR count). The lowest BCUT2D eigenvalue weighted by molar-refractivity contribution is 0.222. The van der Waals surface area contributed by atoms with Crippen molar-refractivity contribution in [2.75, 3.05) is 24.1 Å². The van der Waals surface area contributed by atoms with Gasteiger partial charge in [0.2, 0.25) is 0 Å². The number of benzene rings is 1. The van der Waals surface area contributed by atoms with Gasteiger partial charge in [-0.2, -0.15) is 0 Å². The van der Waals surface area contributed by atoms with E-state index in [1.54, 1.807) is 6.07 Å². The number of nitrogens with zero attached hydrogens (tertiary/aromatic N) is 1.